The SMILES string of the molecule is Cc1cccc(OCc2nc(SCC(=O)Nc3nc(-c4ccccc4)cs3)n[nH]2)c1. The minimum absolute atomic E-state index is 0.156. The van der Waals surface area contributed by atoms with Crippen molar-refractivity contribution in [3.8, 4) is 17.0 Å². The van der Waals surface area contributed by atoms with Gasteiger partial charge in [0.1, 0.15) is 12.4 Å². The molecule has 0 fully saturated rings. The number of benzene rings is 2. The summed E-state index contributed by atoms with van der Waals surface area (Å²) < 4.78 is 5.70. The summed E-state index contributed by atoms with van der Waals surface area (Å²) in [7, 11) is 0. The molecule has 0 atom stereocenters. The van der Waals surface area contributed by atoms with Crippen molar-refractivity contribution >= 4 is 34.1 Å². The van der Waals surface area contributed by atoms with Gasteiger partial charge in [-0.2, -0.15) is 0 Å². The van der Waals surface area contributed by atoms with Gasteiger partial charge in [-0.15, -0.1) is 16.4 Å². The molecule has 0 aliphatic rings. The van der Waals surface area contributed by atoms with Crippen LogP contribution < -0.4 is 10.1 Å². The van der Waals surface area contributed by atoms with E-state index in [4.69, 9.17) is 4.74 Å². The minimum atomic E-state index is -0.156. The quantitative estimate of drug-likeness (QED) is 0.393. The second kappa shape index (κ2) is 9.55. The summed E-state index contributed by atoms with van der Waals surface area (Å²) in [5.41, 5.74) is 2.99. The van der Waals surface area contributed by atoms with E-state index in [-0.39, 0.29) is 18.3 Å². The molecule has 0 saturated carbocycles. The summed E-state index contributed by atoms with van der Waals surface area (Å²) in [4.78, 5) is 21.0. The molecule has 0 aliphatic carbocycles. The summed E-state index contributed by atoms with van der Waals surface area (Å²) in [6.07, 6.45) is 0. The Morgan fingerprint density at radius 2 is 2.03 bits per heavy atom. The van der Waals surface area contributed by atoms with E-state index in [1.165, 1.54) is 23.1 Å². The van der Waals surface area contributed by atoms with Crippen LogP contribution in [0, 0.1) is 6.92 Å². The predicted octanol–water partition coefficient (Wildman–Crippen LogP) is 4.55. The Morgan fingerprint density at radius 1 is 1.17 bits per heavy atom. The number of thioether (sulfide) groups is 1. The number of hydrogen-bond acceptors (Lipinski definition) is 7. The molecule has 0 saturated heterocycles. The van der Waals surface area contributed by atoms with Crippen molar-refractivity contribution in [2.75, 3.05) is 11.1 Å². The number of nitrogens with zero attached hydrogens (tertiary/aromatic N) is 3. The largest absolute Gasteiger partial charge is 0.486 e. The van der Waals surface area contributed by atoms with Gasteiger partial charge in [-0.25, -0.2) is 9.97 Å². The van der Waals surface area contributed by atoms with Crippen molar-refractivity contribution in [1.29, 1.82) is 0 Å². The van der Waals surface area contributed by atoms with Crippen LogP contribution in [0.4, 0.5) is 5.13 Å². The highest BCUT2D eigenvalue weighted by molar-refractivity contribution is 7.99. The number of thiazole rings is 1. The summed E-state index contributed by atoms with van der Waals surface area (Å²) >= 11 is 2.65. The van der Waals surface area contributed by atoms with Gasteiger partial charge in [0.25, 0.3) is 0 Å². The number of carbonyl (C=O) groups is 1. The number of aromatic nitrogens is 4. The minimum Gasteiger partial charge on any atom is -0.486 e. The topological polar surface area (TPSA) is 92.8 Å². The van der Waals surface area contributed by atoms with E-state index < -0.39 is 0 Å². The second-order valence-corrected chi connectivity index (χ2v) is 8.21. The Bertz CT molecular complexity index is 1130. The molecule has 1 amide bonds. The zero-order chi connectivity index (χ0) is 20.8. The number of hydrogen-bond donors (Lipinski definition) is 2. The molecule has 152 valence electrons. The van der Waals surface area contributed by atoms with Crippen LogP contribution in [0.3, 0.4) is 0 Å². The smallest absolute Gasteiger partial charge is 0.236 e. The lowest BCUT2D eigenvalue weighted by Gasteiger charge is -2.04. The average molecular weight is 438 g/mol. The number of rotatable bonds is 8. The van der Waals surface area contributed by atoms with Gasteiger partial charge in [-0.3, -0.25) is 9.89 Å². The van der Waals surface area contributed by atoms with Crippen molar-refractivity contribution in [1.82, 2.24) is 20.2 Å². The molecule has 2 heterocycles. The first-order valence-electron chi connectivity index (χ1n) is 9.20. The maximum Gasteiger partial charge on any atom is 0.236 e. The lowest BCUT2D eigenvalue weighted by Crippen LogP contribution is -2.13. The van der Waals surface area contributed by atoms with Crippen molar-refractivity contribution in [2.45, 2.75) is 18.7 Å². The molecular weight excluding hydrogens is 418 g/mol. The second-order valence-electron chi connectivity index (χ2n) is 6.41. The first-order valence-corrected chi connectivity index (χ1v) is 11.1. The molecule has 4 rings (SSSR count). The van der Waals surface area contributed by atoms with Crippen LogP contribution in [0.5, 0.6) is 5.75 Å². The molecule has 0 aliphatic heterocycles. The summed E-state index contributed by atoms with van der Waals surface area (Å²) in [5.74, 6) is 1.41. The summed E-state index contributed by atoms with van der Waals surface area (Å²) in [6.45, 7) is 2.29. The number of nitrogens with one attached hydrogen (secondary N) is 2. The van der Waals surface area contributed by atoms with Crippen molar-refractivity contribution in [2.24, 2.45) is 0 Å². The molecule has 0 spiro atoms. The molecule has 30 heavy (non-hydrogen) atoms. The van der Waals surface area contributed by atoms with E-state index in [1.807, 2.05) is 66.9 Å². The predicted molar refractivity (Wildman–Crippen MR) is 119 cm³/mol. The molecule has 0 radical (unpaired) electrons. The Labute approximate surface area is 181 Å². The van der Waals surface area contributed by atoms with E-state index in [0.717, 1.165) is 22.6 Å². The number of aromatic amines is 1. The molecule has 2 aromatic carbocycles. The highest BCUT2D eigenvalue weighted by Gasteiger charge is 2.11. The van der Waals surface area contributed by atoms with Gasteiger partial charge in [0.15, 0.2) is 11.0 Å². The zero-order valence-electron chi connectivity index (χ0n) is 16.2. The van der Waals surface area contributed by atoms with Crippen molar-refractivity contribution in [3.63, 3.8) is 0 Å². The van der Waals surface area contributed by atoms with Crippen LogP contribution in [0.25, 0.3) is 11.3 Å². The molecule has 4 aromatic rings. The van der Waals surface area contributed by atoms with E-state index in [1.54, 1.807) is 0 Å². The molecule has 9 heteroatoms. The molecule has 0 unspecified atom stereocenters. The summed E-state index contributed by atoms with van der Waals surface area (Å²) in [6, 6.07) is 17.6. The first kappa shape index (κ1) is 20.1. The van der Waals surface area contributed by atoms with Gasteiger partial charge in [-0.05, 0) is 24.6 Å². The van der Waals surface area contributed by atoms with Crippen LogP contribution in [-0.2, 0) is 11.4 Å². The van der Waals surface area contributed by atoms with Crippen LogP contribution in [0.15, 0.2) is 65.1 Å². The van der Waals surface area contributed by atoms with E-state index in [9.17, 15) is 4.79 Å². The highest BCUT2D eigenvalue weighted by Crippen LogP contribution is 2.25. The lowest BCUT2D eigenvalue weighted by atomic mass is 10.2. The maximum atomic E-state index is 12.2. The Morgan fingerprint density at radius 3 is 2.87 bits per heavy atom. The molecule has 0 bridgehead atoms. The zero-order valence-corrected chi connectivity index (χ0v) is 17.8. The van der Waals surface area contributed by atoms with E-state index >= 15 is 0 Å². The Kier molecular flexibility index (Phi) is 6.41. The fourth-order valence-electron chi connectivity index (χ4n) is 2.62. The fourth-order valence-corrected chi connectivity index (χ4v) is 3.97. The number of carbonyl (C=O) groups excluding carboxylic acids is 1. The van der Waals surface area contributed by atoms with Crippen molar-refractivity contribution < 1.29 is 9.53 Å². The average Bonchev–Trinajstić information content (AvgIpc) is 3.41. The Hall–Kier alpha value is -3.17. The van der Waals surface area contributed by atoms with Crippen molar-refractivity contribution in [3.05, 3.63) is 71.4 Å². The third-order valence-corrected chi connectivity index (χ3v) is 5.63. The first-order chi connectivity index (χ1) is 14.7. The number of aryl methyl sites for hydroxylation is 1. The normalized spacial score (nSPS) is 10.7. The van der Waals surface area contributed by atoms with Gasteiger partial charge in [0.05, 0.1) is 11.4 Å². The van der Waals surface area contributed by atoms with Crippen LogP contribution in [-0.4, -0.2) is 31.8 Å². The van der Waals surface area contributed by atoms with Crippen LogP contribution >= 0.6 is 23.1 Å². The Balaban J connectivity index is 1.25. The lowest BCUT2D eigenvalue weighted by molar-refractivity contribution is -0.113. The maximum absolute atomic E-state index is 12.2. The monoisotopic (exact) mass is 437 g/mol. The number of amides is 1. The van der Waals surface area contributed by atoms with Gasteiger partial charge in [0, 0.05) is 10.9 Å². The van der Waals surface area contributed by atoms with Gasteiger partial charge in [0.2, 0.25) is 11.1 Å². The highest BCUT2D eigenvalue weighted by atomic mass is 32.2. The van der Waals surface area contributed by atoms with Gasteiger partial charge < -0.3 is 10.1 Å². The number of ether oxygens (including phenoxy) is 1. The molecular formula is C21H19N5O2S2. The van der Waals surface area contributed by atoms with Gasteiger partial charge in [-0.1, -0.05) is 54.2 Å². The van der Waals surface area contributed by atoms with Gasteiger partial charge >= 0.3 is 0 Å². The molecule has 2 N–H and O–H groups in total. The summed E-state index contributed by atoms with van der Waals surface area (Å²) in [5, 5.41) is 12.8. The molecule has 7 nitrogen and oxygen atoms in total. The van der Waals surface area contributed by atoms with E-state index in [2.05, 4.69) is 25.5 Å². The third kappa shape index (κ3) is 5.46. The number of H-pyrrole nitrogens is 1. The van der Waals surface area contributed by atoms with E-state index in [0.29, 0.717) is 16.1 Å². The fraction of sp³-hybridized carbons (Fsp3) is 0.143. The molecule has 2 aromatic heterocycles. The standard InChI is InChI=1S/C21H19N5O2S2/c1-14-6-5-9-16(10-14)28-11-18-23-21(26-25-18)30-13-19(27)24-20-22-17(12-29-20)15-7-3-2-4-8-15/h2-10,12H,11,13H2,1H3,(H,22,24,27)(H,23,25,26). The van der Waals surface area contributed by atoms with Crippen LogP contribution in [0.2, 0.25) is 0 Å². The van der Waals surface area contributed by atoms with Crippen LogP contribution in [0.1, 0.15) is 11.4 Å². The third-order valence-electron chi connectivity index (χ3n) is 4.03. The number of anilines is 1.